The van der Waals surface area contributed by atoms with Gasteiger partial charge in [0.05, 0.1) is 11.4 Å². The van der Waals surface area contributed by atoms with Crippen molar-refractivity contribution in [3.05, 3.63) is 42.1 Å². The fourth-order valence-corrected chi connectivity index (χ4v) is 2.22. The minimum atomic E-state index is -3.53. The van der Waals surface area contributed by atoms with E-state index in [2.05, 4.69) is 10.2 Å². The zero-order valence-corrected chi connectivity index (χ0v) is 9.24. The van der Waals surface area contributed by atoms with E-state index in [-0.39, 0.29) is 5.75 Å². The fourth-order valence-electron chi connectivity index (χ4n) is 1.53. The van der Waals surface area contributed by atoms with Gasteiger partial charge in [-0.2, -0.15) is 5.10 Å². The summed E-state index contributed by atoms with van der Waals surface area (Å²) in [5, 5.41) is 11.7. The van der Waals surface area contributed by atoms with E-state index in [9.17, 15) is 8.42 Å². The Morgan fingerprint density at radius 2 is 2.00 bits per heavy atom. The number of benzene rings is 1. The van der Waals surface area contributed by atoms with Crippen LogP contribution in [0.1, 0.15) is 5.56 Å². The van der Waals surface area contributed by atoms with E-state index in [0.717, 1.165) is 11.3 Å². The molecule has 0 saturated heterocycles. The summed E-state index contributed by atoms with van der Waals surface area (Å²) in [5.41, 5.74) is 2.24. The summed E-state index contributed by atoms with van der Waals surface area (Å²) in [4.78, 5) is 0. The summed E-state index contributed by atoms with van der Waals surface area (Å²) in [6.45, 7) is 0. The van der Waals surface area contributed by atoms with Gasteiger partial charge in [-0.3, -0.25) is 5.10 Å². The van der Waals surface area contributed by atoms with Crippen molar-refractivity contribution in [2.45, 2.75) is 5.75 Å². The van der Waals surface area contributed by atoms with Crippen LogP contribution in [-0.4, -0.2) is 18.6 Å². The third-order valence-corrected chi connectivity index (χ3v) is 2.88. The van der Waals surface area contributed by atoms with Crippen LogP contribution < -0.4 is 5.14 Å². The number of nitrogens with zero attached hydrogens (tertiary/aromatic N) is 1. The van der Waals surface area contributed by atoms with Gasteiger partial charge in [0.25, 0.3) is 0 Å². The van der Waals surface area contributed by atoms with Crippen molar-refractivity contribution in [2.75, 3.05) is 0 Å². The lowest BCUT2D eigenvalue weighted by atomic mass is 10.1. The van der Waals surface area contributed by atoms with Crippen LogP contribution in [0.5, 0.6) is 0 Å². The van der Waals surface area contributed by atoms with Crippen molar-refractivity contribution in [2.24, 2.45) is 5.14 Å². The zero-order chi connectivity index (χ0) is 11.6. The number of hydrogen-bond acceptors (Lipinski definition) is 3. The summed E-state index contributed by atoms with van der Waals surface area (Å²) in [7, 11) is -3.53. The molecule has 0 aliphatic carbocycles. The molecule has 0 fully saturated rings. The first-order chi connectivity index (χ1) is 7.56. The molecule has 2 rings (SSSR count). The average Bonchev–Trinajstić information content (AvgIpc) is 2.69. The molecule has 0 atom stereocenters. The number of nitrogens with one attached hydrogen (secondary N) is 1. The number of hydrogen-bond donors (Lipinski definition) is 2. The van der Waals surface area contributed by atoms with E-state index in [0.29, 0.717) is 5.56 Å². The first-order valence-electron chi connectivity index (χ1n) is 4.64. The molecule has 84 valence electrons. The highest BCUT2D eigenvalue weighted by Gasteiger charge is 2.11. The lowest BCUT2D eigenvalue weighted by Gasteiger charge is -2.05. The van der Waals surface area contributed by atoms with Crippen LogP contribution >= 0.6 is 0 Å². The second-order valence-electron chi connectivity index (χ2n) is 3.43. The summed E-state index contributed by atoms with van der Waals surface area (Å²) < 4.78 is 22.1. The molecule has 0 spiro atoms. The van der Waals surface area contributed by atoms with Gasteiger partial charge in [-0.05, 0) is 11.6 Å². The monoisotopic (exact) mass is 237 g/mol. The van der Waals surface area contributed by atoms with Gasteiger partial charge in [0.15, 0.2) is 0 Å². The van der Waals surface area contributed by atoms with E-state index in [4.69, 9.17) is 5.14 Å². The van der Waals surface area contributed by atoms with Gasteiger partial charge >= 0.3 is 0 Å². The molecular formula is C10H11N3O2S. The Bertz CT molecular complexity index is 576. The standard InChI is InChI=1S/C10H11N3O2S/c11-16(14,15)7-8-3-1-2-4-9(8)10-5-6-12-13-10/h1-6H,7H2,(H,12,13)(H2,11,14,15). The summed E-state index contributed by atoms with van der Waals surface area (Å²) in [5.74, 6) is -0.178. The van der Waals surface area contributed by atoms with E-state index >= 15 is 0 Å². The average molecular weight is 237 g/mol. The lowest BCUT2D eigenvalue weighted by Crippen LogP contribution is -2.15. The zero-order valence-electron chi connectivity index (χ0n) is 8.42. The van der Waals surface area contributed by atoms with Crippen LogP contribution in [0.25, 0.3) is 11.3 Å². The molecule has 1 aromatic heterocycles. The minimum absolute atomic E-state index is 0.178. The first kappa shape index (κ1) is 10.8. The van der Waals surface area contributed by atoms with Gasteiger partial charge in [0.2, 0.25) is 10.0 Å². The Morgan fingerprint density at radius 3 is 2.62 bits per heavy atom. The van der Waals surface area contributed by atoms with Crippen molar-refractivity contribution < 1.29 is 8.42 Å². The van der Waals surface area contributed by atoms with Crippen molar-refractivity contribution in [1.29, 1.82) is 0 Å². The quantitative estimate of drug-likeness (QED) is 0.829. The SMILES string of the molecule is NS(=O)(=O)Cc1ccccc1-c1ccn[nH]1. The van der Waals surface area contributed by atoms with Crippen LogP contribution in [0.2, 0.25) is 0 Å². The highest BCUT2D eigenvalue weighted by Crippen LogP contribution is 2.22. The number of rotatable bonds is 3. The molecule has 1 heterocycles. The smallest absolute Gasteiger partial charge is 0.213 e. The Labute approximate surface area is 93.4 Å². The van der Waals surface area contributed by atoms with E-state index in [1.807, 2.05) is 12.1 Å². The summed E-state index contributed by atoms with van der Waals surface area (Å²) in [6, 6.07) is 8.96. The Morgan fingerprint density at radius 1 is 1.25 bits per heavy atom. The van der Waals surface area contributed by atoms with Crippen molar-refractivity contribution in [3.63, 3.8) is 0 Å². The largest absolute Gasteiger partial charge is 0.278 e. The molecule has 2 aromatic rings. The molecular weight excluding hydrogens is 226 g/mol. The van der Waals surface area contributed by atoms with Gasteiger partial charge in [0.1, 0.15) is 0 Å². The first-order valence-corrected chi connectivity index (χ1v) is 6.36. The van der Waals surface area contributed by atoms with Crippen LogP contribution in [0.15, 0.2) is 36.5 Å². The van der Waals surface area contributed by atoms with E-state index < -0.39 is 10.0 Å². The van der Waals surface area contributed by atoms with E-state index in [1.165, 1.54) is 0 Å². The predicted octanol–water partition coefficient (Wildman–Crippen LogP) is 0.865. The molecule has 0 amide bonds. The number of H-pyrrole nitrogens is 1. The van der Waals surface area contributed by atoms with E-state index in [1.54, 1.807) is 24.4 Å². The van der Waals surface area contributed by atoms with Crippen LogP contribution in [0.3, 0.4) is 0 Å². The van der Waals surface area contributed by atoms with Gasteiger partial charge < -0.3 is 0 Å². The third-order valence-electron chi connectivity index (χ3n) is 2.16. The molecule has 0 saturated carbocycles. The molecule has 0 aliphatic rings. The number of nitrogens with two attached hydrogens (primary N) is 1. The molecule has 0 radical (unpaired) electrons. The topological polar surface area (TPSA) is 88.8 Å². The number of primary sulfonamides is 1. The highest BCUT2D eigenvalue weighted by atomic mass is 32.2. The summed E-state index contributed by atoms with van der Waals surface area (Å²) in [6.07, 6.45) is 1.61. The van der Waals surface area contributed by atoms with Crippen molar-refractivity contribution in [3.8, 4) is 11.3 Å². The normalized spacial score (nSPS) is 11.6. The second-order valence-corrected chi connectivity index (χ2v) is 5.05. The van der Waals surface area contributed by atoms with Gasteiger partial charge in [-0.25, -0.2) is 13.6 Å². The molecule has 0 unspecified atom stereocenters. The molecule has 3 N–H and O–H groups in total. The van der Waals surface area contributed by atoms with Crippen LogP contribution in [-0.2, 0) is 15.8 Å². The predicted molar refractivity (Wildman–Crippen MR) is 60.8 cm³/mol. The minimum Gasteiger partial charge on any atom is -0.278 e. The number of aromatic amines is 1. The van der Waals surface area contributed by atoms with Crippen LogP contribution in [0, 0.1) is 0 Å². The molecule has 0 aliphatic heterocycles. The molecule has 1 aromatic carbocycles. The van der Waals surface area contributed by atoms with Crippen molar-refractivity contribution in [1.82, 2.24) is 10.2 Å². The maximum Gasteiger partial charge on any atom is 0.213 e. The lowest BCUT2D eigenvalue weighted by molar-refractivity contribution is 0.597. The maximum absolute atomic E-state index is 11.1. The molecule has 5 nitrogen and oxygen atoms in total. The third kappa shape index (κ3) is 2.47. The molecule has 0 bridgehead atoms. The second kappa shape index (κ2) is 4.07. The summed E-state index contributed by atoms with van der Waals surface area (Å²) >= 11 is 0. The number of sulfonamides is 1. The molecule has 6 heteroatoms. The Balaban J connectivity index is 2.47. The maximum atomic E-state index is 11.1. The van der Waals surface area contributed by atoms with Crippen molar-refractivity contribution >= 4 is 10.0 Å². The Hall–Kier alpha value is -1.66. The molecule has 16 heavy (non-hydrogen) atoms. The van der Waals surface area contributed by atoms with Gasteiger partial charge in [0, 0.05) is 11.8 Å². The Kier molecular flexibility index (Phi) is 2.76. The van der Waals surface area contributed by atoms with Gasteiger partial charge in [-0.15, -0.1) is 0 Å². The fraction of sp³-hybridized carbons (Fsp3) is 0.100. The van der Waals surface area contributed by atoms with Crippen LogP contribution in [0.4, 0.5) is 0 Å². The highest BCUT2D eigenvalue weighted by molar-refractivity contribution is 7.88. The number of aromatic nitrogens is 2. The van der Waals surface area contributed by atoms with Gasteiger partial charge in [-0.1, -0.05) is 24.3 Å².